The first-order valence-corrected chi connectivity index (χ1v) is 19.5. The smallest absolute Gasteiger partial charge is 0.381 e. The highest BCUT2D eigenvalue weighted by Gasteiger charge is 2.14. The van der Waals surface area contributed by atoms with Gasteiger partial charge < -0.3 is 46.0 Å². The normalized spacial score (nSPS) is 15.7. The van der Waals surface area contributed by atoms with Crippen LogP contribution in [0.3, 0.4) is 0 Å². The topological polar surface area (TPSA) is 216 Å². The number of aliphatic carboxylic acids is 1. The summed E-state index contributed by atoms with van der Waals surface area (Å²) in [6.07, 6.45) is 21.1. The summed E-state index contributed by atoms with van der Waals surface area (Å²) in [4.78, 5) is 22.6. The molecule has 0 amide bonds. The van der Waals surface area contributed by atoms with Gasteiger partial charge in [0.1, 0.15) is 30.5 Å². The van der Waals surface area contributed by atoms with Gasteiger partial charge in [0, 0.05) is 25.2 Å². The van der Waals surface area contributed by atoms with Gasteiger partial charge in [0.15, 0.2) is 11.9 Å². The monoisotopic (exact) mass is 768 g/mol. The van der Waals surface area contributed by atoms with Gasteiger partial charge in [0.2, 0.25) is 0 Å². The van der Waals surface area contributed by atoms with Crippen molar-refractivity contribution in [3.05, 3.63) is 36.5 Å². The molecule has 8 unspecified atom stereocenters. The molecule has 9 N–H and O–H groups in total. The molecule has 11 heteroatoms. The molecule has 0 heterocycles. The lowest BCUT2D eigenvalue weighted by Gasteiger charge is -2.11. The van der Waals surface area contributed by atoms with Crippen LogP contribution in [0.5, 0.6) is 0 Å². The average molecular weight is 769 g/mol. The van der Waals surface area contributed by atoms with E-state index < -0.39 is 54.8 Å². The van der Waals surface area contributed by atoms with Crippen LogP contribution in [0.1, 0.15) is 128 Å². The molecule has 0 aliphatic heterocycles. The Morgan fingerprint density at radius 2 is 1.13 bits per heavy atom. The zero-order chi connectivity index (χ0) is 41.1. The number of aliphatic hydroxyl groups is 8. The van der Waals surface area contributed by atoms with Crippen LogP contribution >= 0.6 is 0 Å². The zero-order valence-electron chi connectivity index (χ0n) is 32.1. The number of aliphatic hydroxyl groups excluding tert-OH is 8. The van der Waals surface area contributed by atoms with E-state index >= 15 is 0 Å². The predicted molar refractivity (Wildman–Crippen MR) is 213 cm³/mol. The number of unbranched alkanes of at least 4 members (excludes halogenated alkanes) is 10. The molecular weight excluding hydrogens is 704 g/mol. The second-order valence-corrected chi connectivity index (χ2v) is 13.5. The quantitative estimate of drug-likeness (QED) is 0.0304. The lowest BCUT2D eigenvalue weighted by Crippen LogP contribution is -2.19. The number of carbonyl (C=O) groups excluding carboxylic acids is 1. The van der Waals surface area contributed by atoms with Crippen LogP contribution in [-0.4, -0.2) is 107 Å². The molecule has 306 valence electrons. The first-order chi connectivity index (χ1) is 26.3. The van der Waals surface area contributed by atoms with Crippen LogP contribution in [0.2, 0.25) is 0 Å². The molecule has 8 atom stereocenters. The van der Waals surface area contributed by atoms with Crippen LogP contribution in [-0.2, 0) is 9.59 Å². The number of hydrogen-bond donors (Lipinski definition) is 9. The first-order valence-electron chi connectivity index (χ1n) is 19.5. The number of carboxylic acids is 1. The van der Waals surface area contributed by atoms with Gasteiger partial charge in [-0.05, 0) is 63.9 Å². The van der Waals surface area contributed by atoms with Crippen molar-refractivity contribution in [1.82, 2.24) is 0 Å². The van der Waals surface area contributed by atoms with Crippen LogP contribution in [0.15, 0.2) is 36.5 Å². The van der Waals surface area contributed by atoms with Crippen molar-refractivity contribution < 1.29 is 55.5 Å². The molecule has 11 nitrogen and oxygen atoms in total. The van der Waals surface area contributed by atoms with Gasteiger partial charge in [-0.1, -0.05) is 117 Å². The molecule has 0 aromatic heterocycles. The number of carboxylic acid groups (broad SMARTS) is 1. The molecule has 0 saturated carbocycles. The Morgan fingerprint density at radius 1 is 0.564 bits per heavy atom. The Morgan fingerprint density at radius 3 is 1.75 bits per heavy atom. The fourth-order valence-corrected chi connectivity index (χ4v) is 5.26. The Bertz CT molecular complexity index is 1360. The van der Waals surface area contributed by atoms with Crippen molar-refractivity contribution in [1.29, 1.82) is 0 Å². The maximum Gasteiger partial charge on any atom is 0.381 e. The van der Waals surface area contributed by atoms with Gasteiger partial charge in [0.25, 0.3) is 0 Å². The second-order valence-electron chi connectivity index (χ2n) is 13.5. The summed E-state index contributed by atoms with van der Waals surface area (Å²) in [7, 11) is 0. The average Bonchev–Trinajstić information content (AvgIpc) is 3.15. The van der Waals surface area contributed by atoms with E-state index in [1.165, 1.54) is 12.2 Å². The van der Waals surface area contributed by atoms with Crippen LogP contribution in [0, 0.1) is 47.9 Å². The Hall–Kier alpha value is -3.72. The third kappa shape index (κ3) is 34.5. The Kier molecular flexibility index (Phi) is 32.4. The minimum absolute atomic E-state index is 0.0479. The van der Waals surface area contributed by atoms with Crippen molar-refractivity contribution >= 4 is 11.8 Å². The van der Waals surface area contributed by atoms with Gasteiger partial charge in [-0.25, -0.2) is 4.79 Å². The highest BCUT2D eigenvalue weighted by atomic mass is 16.4. The van der Waals surface area contributed by atoms with Crippen LogP contribution in [0.4, 0.5) is 0 Å². The molecule has 0 aromatic carbocycles. The summed E-state index contributed by atoms with van der Waals surface area (Å²) in [5.41, 5.74) is 0. The standard InChI is InChI=1S/C44H64O11/c1-2-35(45)26-27-37(47)21-18-19-22-38(48)29-31-39(49)30-28-36(46)20-14-10-8-9-13-17-25-43(53)42(52)24-16-12-7-5-3-4-6-11-15-23-40(50)34-41(51)32-33-44(54)55/h1,8-9,18-19,26-27,35-41,43,45-51,53H,3-7,10-17,20-25,34H2,(H,54,55). The summed E-state index contributed by atoms with van der Waals surface area (Å²) in [5.74, 6) is 14.7. The molecule has 55 heavy (non-hydrogen) atoms. The fourth-order valence-electron chi connectivity index (χ4n) is 5.26. The minimum atomic E-state index is -1.32. The maximum absolute atomic E-state index is 12.3. The number of allylic oxidation sites excluding steroid dienone is 2. The molecule has 0 saturated heterocycles. The molecule has 0 aromatic rings. The molecule has 0 bridgehead atoms. The van der Waals surface area contributed by atoms with Crippen LogP contribution < -0.4 is 0 Å². The largest absolute Gasteiger partial charge is 0.472 e. The fraction of sp³-hybridized carbons (Fsp3) is 0.636. The predicted octanol–water partition coefficient (Wildman–Crippen LogP) is 3.64. The van der Waals surface area contributed by atoms with Gasteiger partial charge in [-0.3, -0.25) is 4.79 Å². The number of terminal acetylenes is 1. The number of rotatable bonds is 29. The van der Waals surface area contributed by atoms with Crippen molar-refractivity contribution in [3.63, 3.8) is 0 Å². The van der Waals surface area contributed by atoms with Crippen molar-refractivity contribution in [3.8, 4) is 47.9 Å². The Labute approximate surface area is 328 Å². The van der Waals surface area contributed by atoms with Crippen molar-refractivity contribution in [2.24, 2.45) is 0 Å². The van der Waals surface area contributed by atoms with Gasteiger partial charge in [-0.15, -0.1) is 6.42 Å². The van der Waals surface area contributed by atoms with Gasteiger partial charge in [0.05, 0.1) is 12.2 Å². The Balaban J connectivity index is 3.89. The van der Waals surface area contributed by atoms with E-state index in [9.17, 15) is 50.4 Å². The third-order valence-electron chi connectivity index (χ3n) is 8.40. The third-order valence-corrected chi connectivity index (χ3v) is 8.40. The highest BCUT2D eigenvalue weighted by Crippen LogP contribution is 2.15. The summed E-state index contributed by atoms with van der Waals surface area (Å²) in [6.45, 7) is 0. The molecule has 0 spiro atoms. The SMILES string of the molecule is C#CC(O)C=CC(O)CC=CCC(O)C#CC(O)C#CC(O)CCCC=CCCCC(O)C(=O)CCCCCCCCCCCC(O)CC(O)C#CC(=O)O. The molecule has 0 rings (SSSR count). The van der Waals surface area contributed by atoms with E-state index in [0.29, 0.717) is 38.5 Å². The van der Waals surface area contributed by atoms with E-state index in [0.717, 1.165) is 70.6 Å². The van der Waals surface area contributed by atoms with E-state index in [1.54, 1.807) is 12.2 Å². The summed E-state index contributed by atoms with van der Waals surface area (Å²) in [5, 5.41) is 87.1. The number of ketones is 1. The molecule has 0 aliphatic carbocycles. The van der Waals surface area contributed by atoms with E-state index in [2.05, 4.69) is 35.5 Å². The molecule has 0 fully saturated rings. The number of hydrogen-bond acceptors (Lipinski definition) is 10. The minimum Gasteiger partial charge on any atom is -0.472 e. The summed E-state index contributed by atoms with van der Waals surface area (Å²) < 4.78 is 0. The zero-order valence-corrected chi connectivity index (χ0v) is 32.1. The van der Waals surface area contributed by atoms with E-state index in [1.807, 2.05) is 18.1 Å². The highest BCUT2D eigenvalue weighted by molar-refractivity contribution is 5.86. The lowest BCUT2D eigenvalue weighted by molar-refractivity contribution is -0.130. The van der Waals surface area contributed by atoms with Gasteiger partial charge >= 0.3 is 5.97 Å². The first kappa shape index (κ1) is 51.3. The number of Topliss-reactive ketones (excluding diaryl/α,β-unsaturated/α-hetero) is 1. The van der Waals surface area contributed by atoms with Crippen molar-refractivity contribution in [2.75, 3.05) is 0 Å². The van der Waals surface area contributed by atoms with E-state index in [-0.39, 0.29) is 25.0 Å². The lowest BCUT2D eigenvalue weighted by atomic mass is 10.0. The molecular formula is C44H64O11. The second kappa shape index (κ2) is 34.7. The summed E-state index contributed by atoms with van der Waals surface area (Å²) in [6, 6.07) is 0. The van der Waals surface area contributed by atoms with Crippen molar-refractivity contribution in [2.45, 2.75) is 177 Å². The number of carbonyl (C=O) groups is 2. The van der Waals surface area contributed by atoms with E-state index in [4.69, 9.17) is 11.5 Å². The van der Waals surface area contributed by atoms with Crippen LogP contribution in [0.25, 0.3) is 0 Å². The summed E-state index contributed by atoms with van der Waals surface area (Å²) >= 11 is 0. The molecule has 0 aliphatic rings. The van der Waals surface area contributed by atoms with Gasteiger partial charge in [-0.2, -0.15) is 0 Å². The maximum atomic E-state index is 12.3. The molecule has 0 radical (unpaired) electrons.